The zero-order valence-electron chi connectivity index (χ0n) is 22.5. The Hall–Kier alpha value is -3.84. The molecule has 0 spiro atoms. The van der Waals surface area contributed by atoms with Crippen LogP contribution in [-0.4, -0.2) is 31.0 Å². The zero-order chi connectivity index (χ0) is 29.8. The summed E-state index contributed by atoms with van der Waals surface area (Å²) >= 11 is 0. The van der Waals surface area contributed by atoms with E-state index < -0.39 is 46.9 Å². The minimum Gasteiger partial charge on any atom is -0.505 e. The van der Waals surface area contributed by atoms with E-state index in [4.69, 9.17) is 5.73 Å². The van der Waals surface area contributed by atoms with Crippen LogP contribution in [-0.2, 0) is 25.7 Å². The minimum absolute atomic E-state index is 0.0313. The Morgan fingerprint density at radius 3 is 1.77 bits per heavy atom. The molecule has 5 N–H and O–H groups in total. The minimum atomic E-state index is -5.00. The molecular weight excluding hydrogens is 554 g/mol. The molecule has 10 nitrogen and oxygen atoms in total. The summed E-state index contributed by atoms with van der Waals surface area (Å²) in [5.74, 6) is -0.683. The number of nitrogen functional groups attached to an aromatic ring is 1. The van der Waals surface area contributed by atoms with Gasteiger partial charge in [-0.2, -0.15) is 21.9 Å². The van der Waals surface area contributed by atoms with Gasteiger partial charge >= 0.3 is 0 Å². The number of aromatic hydroxyl groups is 1. The second-order valence-corrected chi connectivity index (χ2v) is 13.4. The molecule has 0 heterocycles. The van der Waals surface area contributed by atoms with E-state index >= 15 is 0 Å². The lowest BCUT2D eigenvalue weighted by atomic mass is 9.83. The van der Waals surface area contributed by atoms with Crippen LogP contribution in [0.5, 0.6) is 5.75 Å². The Labute approximate surface area is 232 Å². The van der Waals surface area contributed by atoms with E-state index in [1.807, 2.05) is 19.1 Å². The molecule has 40 heavy (non-hydrogen) atoms. The Kier molecular flexibility index (Phi) is 7.26. The number of phenolic OH excluding ortho intramolecular Hbond substituents is 1. The van der Waals surface area contributed by atoms with Gasteiger partial charge in [0, 0.05) is 5.39 Å². The van der Waals surface area contributed by atoms with E-state index in [0.717, 1.165) is 16.7 Å². The summed E-state index contributed by atoms with van der Waals surface area (Å²) in [6.07, 6.45) is 0. The van der Waals surface area contributed by atoms with Crippen LogP contribution in [0.2, 0.25) is 0 Å². The third-order valence-electron chi connectivity index (χ3n) is 6.60. The average molecular weight is 584 g/mol. The van der Waals surface area contributed by atoms with Gasteiger partial charge in [-0.1, -0.05) is 51.1 Å². The normalized spacial score (nSPS) is 12.9. The molecule has 0 fully saturated rings. The number of azo groups is 1. The van der Waals surface area contributed by atoms with Gasteiger partial charge in [0.2, 0.25) is 0 Å². The highest BCUT2D eigenvalue weighted by molar-refractivity contribution is 7.87. The number of hydrogen-bond donors (Lipinski definition) is 4. The number of benzene rings is 4. The maximum absolute atomic E-state index is 11.9. The summed E-state index contributed by atoms with van der Waals surface area (Å²) in [6, 6.07) is 14.9. The van der Waals surface area contributed by atoms with Crippen LogP contribution in [0.3, 0.4) is 0 Å². The molecule has 4 aromatic carbocycles. The smallest absolute Gasteiger partial charge is 0.296 e. The van der Waals surface area contributed by atoms with Crippen molar-refractivity contribution in [3.05, 3.63) is 71.3 Å². The third-order valence-corrected chi connectivity index (χ3v) is 8.39. The fourth-order valence-corrected chi connectivity index (χ4v) is 6.14. The van der Waals surface area contributed by atoms with Crippen LogP contribution in [0, 0.1) is 13.8 Å². The average Bonchev–Trinajstić information content (AvgIpc) is 2.81. The van der Waals surface area contributed by atoms with E-state index in [1.165, 1.54) is 23.3 Å². The van der Waals surface area contributed by atoms with E-state index in [1.54, 1.807) is 6.07 Å². The van der Waals surface area contributed by atoms with Gasteiger partial charge in [-0.15, -0.1) is 5.11 Å². The first-order chi connectivity index (χ1) is 18.4. The number of hydrogen-bond acceptors (Lipinski definition) is 8. The molecule has 0 aliphatic heterocycles. The van der Waals surface area contributed by atoms with Crippen molar-refractivity contribution in [2.75, 3.05) is 5.73 Å². The van der Waals surface area contributed by atoms with Gasteiger partial charge in [0.15, 0.2) is 5.75 Å². The van der Waals surface area contributed by atoms with E-state index in [0.29, 0.717) is 11.8 Å². The predicted octanol–water partition coefficient (Wildman–Crippen LogP) is 6.62. The largest absolute Gasteiger partial charge is 0.505 e. The van der Waals surface area contributed by atoms with Crippen LogP contribution in [0.4, 0.5) is 17.1 Å². The van der Waals surface area contributed by atoms with Gasteiger partial charge in [-0.25, -0.2) is 0 Å². The molecule has 0 aliphatic carbocycles. The van der Waals surface area contributed by atoms with Crippen molar-refractivity contribution in [1.82, 2.24) is 0 Å². The summed E-state index contributed by atoms with van der Waals surface area (Å²) in [5.41, 5.74) is 10.9. The Bertz CT molecular complexity index is 1930. The Morgan fingerprint density at radius 1 is 0.725 bits per heavy atom. The summed E-state index contributed by atoms with van der Waals surface area (Å²) in [5, 5.41) is 18.4. The number of fused-ring (bicyclic) bond motifs is 1. The van der Waals surface area contributed by atoms with E-state index in [2.05, 4.69) is 56.1 Å². The molecule has 0 aromatic heterocycles. The molecule has 12 heteroatoms. The molecule has 4 aromatic rings. The number of nitrogens with zero attached hydrogens (tertiary/aromatic N) is 2. The summed E-state index contributed by atoms with van der Waals surface area (Å²) in [6.45, 7) is 10.4. The van der Waals surface area contributed by atoms with Crippen LogP contribution in [0.15, 0.2) is 74.6 Å². The van der Waals surface area contributed by atoms with E-state index in [-0.39, 0.29) is 16.5 Å². The molecule has 0 radical (unpaired) electrons. The number of anilines is 1. The highest BCUT2D eigenvalue weighted by atomic mass is 32.2. The Morgan fingerprint density at radius 2 is 1.25 bits per heavy atom. The van der Waals surface area contributed by atoms with Crippen molar-refractivity contribution in [2.45, 2.75) is 49.8 Å². The molecule has 0 saturated heterocycles. The van der Waals surface area contributed by atoms with Gasteiger partial charge in [0.1, 0.15) is 15.5 Å². The SMILES string of the molecule is Cc1cc(-c2ccc(C(C)(C)C)c(C)c2)ccc1N=Nc1ccc2c(S(=O)(=O)O)cc(S(=O)(=O)O)c(N)c2c1O. The number of nitrogens with two attached hydrogens (primary N) is 1. The maximum Gasteiger partial charge on any atom is 0.296 e. The molecule has 0 aliphatic rings. The van der Waals surface area contributed by atoms with Crippen LogP contribution < -0.4 is 5.73 Å². The second-order valence-electron chi connectivity index (χ2n) is 10.6. The number of phenols is 1. The molecule has 4 rings (SSSR count). The molecule has 0 bridgehead atoms. The lowest BCUT2D eigenvalue weighted by Gasteiger charge is -2.22. The second kappa shape index (κ2) is 9.97. The lowest BCUT2D eigenvalue weighted by Crippen LogP contribution is -2.12. The molecule has 0 atom stereocenters. The molecular formula is C28H29N3O7S2. The van der Waals surface area contributed by atoms with Crippen molar-refractivity contribution < 1.29 is 31.0 Å². The van der Waals surface area contributed by atoms with Gasteiger partial charge in [0.25, 0.3) is 20.2 Å². The summed E-state index contributed by atoms with van der Waals surface area (Å²) in [4.78, 5) is -1.85. The summed E-state index contributed by atoms with van der Waals surface area (Å²) < 4.78 is 66.6. The molecule has 0 saturated carbocycles. The first kappa shape index (κ1) is 29.2. The maximum atomic E-state index is 11.9. The number of aryl methyl sites for hydroxylation is 2. The molecule has 0 unspecified atom stereocenters. The summed E-state index contributed by atoms with van der Waals surface area (Å²) in [7, 11) is -9.96. The van der Waals surface area contributed by atoms with Gasteiger partial charge < -0.3 is 10.8 Å². The van der Waals surface area contributed by atoms with Crippen LogP contribution in [0.25, 0.3) is 21.9 Å². The van der Waals surface area contributed by atoms with Gasteiger partial charge in [-0.05, 0) is 71.3 Å². The van der Waals surface area contributed by atoms with Crippen molar-refractivity contribution in [1.29, 1.82) is 0 Å². The standard InChI is InChI=1S/C28H29N3O7S2/c1-15-12-17(6-9-20(15)28(3,4)5)18-7-10-21(16(2)13-18)30-31-22-11-8-19-23(39(33,34)35)14-24(40(36,37)38)26(29)25(19)27(22)32/h6-14,32H,29H2,1-5H3,(H,33,34,35)(H,36,37,38). The van der Waals surface area contributed by atoms with E-state index in [9.17, 15) is 31.0 Å². The van der Waals surface area contributed by atoms with Gasteiger partial charge in [-0.3, -0.25) is 9.11 Å². The third kappa shape index (κ3) is 5.56. The number of rotatable bonds is 5. The highest BCUT2D eigenvalue weighted by Crippen LogP contribution is 2.44. The van der Waals surface area contributed by atoms with Crippen molar-refractivity contribution in [2.24, 2.45) is 10.2 Å². The molecule has 210 valence electrons. The highest BCUT2D eigenvalue weighted by Gasteiger charge is 2.26. The monoisotopic (exact) mass is 583 g/mol. The van der Waals surface area contributed by atoms with Crippen LogP contribution in [0.1, 0.15) is 37.5 Å². The first-order valence-corrected chi connectivity index (χ1v) is 14.9. The fourth-order valence-electron chi connectivity index (χ4n) is 4.70. The Balaban J connectivity index is 1.77. The van der Waals surface area contributed by atoms with Gasteiger partial charge in [0.05, 0.1) is 16.8 Å². The zero-order valence-corrected chi connectivity index (χ0v) is 24.1. The fraction of sp³-hybridized carbons (Fsp3) is 0.214. The van der Waals surface area contributed by atoms with Crippen molar-refractivity contribution in [3.63, 3.8) is 0 Å². The lowest BCUT2D eigenvalue weighted by molar-refractivity contribution is 0.481. The first-order valence-electron chi connectivity index (χ1n) is 12.1. The van der Waals surface area contributed by atoms with Crippen molar-refractivity contribution in [3.8, 4) is 16.9 Å². The topological polar surface area (TPSA) is 180 Å². The van der Waals surface area contributed by atoms with Crippen molar-refractivity contribution >= 4 is 48.1 Å². The quantitative estimate of drug-likeness (QED) is 0.115. The van der Waals surface area contributed by atoms with Crippen LogP contribution >= 0.6 is 0 Å². The predicted molar refractivity (Wildman–Crippen MR) is 154 cm³/mol. The molecule has 0 amide bonds.